The molecular formula is C18H30N2. The highest BCUT2D eigenvalue weighted by atomic mass is 15.2. The zero-order valence-electron chi connectivity index (χ0n) is 13.6. The van der Waals surface area contributed by atoms with Crippen LogP contribution in [0.2, 0.25) is 0 Å². The molecule has 2 nitrogen and oxygen atoms in total. The van der Waals surface area contributed by atoms with Crippen LogP contribution in [-0.2, 0) is 0 Å². The molecule has 1 fully saturated rings. The van der Waals surface area contributed by atoms with E-state index < -0.39 is 0 Å². The van der Waals surface area contributed by atoms with E-state index in [0.717, 1.165) is 0 Å². The summed E-state index contributed by atoms with van der Waals surface area (Å²) < 4.78 is 0. The number of hydrogen-bond acceptors (Lipinski definition) is 2. The van der Waals surface area contributed by atoms with Crippen LogP contribution in [0.25, 0.3) is 0 Å². The number of hydrogen-bond donors (Lipinski definition) is 1. The standard InChI is InChI=1S/C18H30N2/c1-5-18(6-2)9-10-20(13-18)17(12-19)16-8-7-14(3)15(4)11-16/h7-8,11,17H,5-6,9-10,12-13,19H2,1-4H3. The second-order valence-electron chi connectivity index (χ2n) is 6.52. The van der Waals surface area contributed by atoms with Gasteiger partial charge in [-0.05, 0) is 61.8 Å². The van der Waals surface area contributed by atoms with E-state index in [1.807, 2.05) is 0 Å². The molecule has 0 aliphatic carbocycles. The van der Waals surface area contributed by atoms with Gasteiger partial charge in [0.25, 0.3) is 0 Å². The van der Waals surface area contributed by atoms with Crippen molar-refractivity contribution in [1.29, 1.82) is 0 Å². The number of nitrogens with zero attached hydrogens (tertiary/aromatic N) is 1. The molecule has 0 aromatic heterocycles. The normalized spacial score (nSPS) is 20.2. The van der Waals surface area contributed by atoms with Gasteiger partial charge in [-0.3, -0.25) is 4.90 Å². The molecule has 112 valence electrons. The Hall–Kier alpha value is -0.860. The predicted octanol–water partition coefficient (Wildman–Crippen LogP) is 3.82. The van der Waals surface area contributed by atoms with Gasteiger partial charge in [-0.15, -0.1) is 0 Å². The molecule has 0 bridgehead atoms. The second kappa shape index (κ2) is 6.28. The molecule has 0 amide bonds. The number of nitrogens with two attached hydrogens (primary N) is 1. The molecule has 1 aromatic carbocycles. The zero-order chi connectivity index (χ0) is 14.8. The third-order valence-corrected chi connectivity index (χ3v) is 5.55. The average molecular weight is 274 g/mol. The summed E-state index contributed by atoms with van der Waals surface area (Å²) in [6.45, 7) is 12.1. The van der Waals surface area contributed by atoms with Gasteiger partial charge in [0.2, 0.25) is 0 Å². The smallest absolute Gasteiger partial charge is 0.0470 e. The Morgan fingerprint density at radius 1 is 1.20 bits per heavy atom. The van der Waals surface area contributed by atoms with Gasteiger partial charge in [0, 0.05) is 19.1 Å². The predicted molar refractivity (Wildman–Crippen MR) is 86.9 cm³/mol. The molecule has 0 radical (unpaired) electrons. The minimum absolute atomic E-state index is 0.384. The number of likely N-dealkylation sites (tertiary alicyclic amines) is 1. The molecule has 2 rings (SSSR count). The van der Waals surface area contributed by atoms with Crippen LogP contribution in [0, 0.1) is 19.3 Å². The van der Waals surface area contributed by atoms with Gasteiger partial charge in [-0.2, -0.15) is 0 Å². The van der Waals surface area contributed by atoms with Gasteiger partial charge in [0.15, 0.2) is 0 Å². The van der Waals surface area contributed by atoms with Crippen molar-refractivity contribution in [2.45, 2.75) is 53.0 Å². The molecule has 20 heavy (non-hydrogen) atoms. The van der Waals surface area contributed by atoms with Crippen molar-refractivity contribution in [2.75, 3.05) is 19.6 Å². The molecule has 0 saturated carbocycles. The SMILES string of the molecule is CCC1(CC)CCN(C(CN)c2ccc(C)c(C)c2)C1. The van der Waals surface area contributed by atoms with Crippen molar-refractivity contribution in [3.05, 3.63) is 34.9 Å². The van der Waals surface area contributed by atoms with Gasteiger partial charge in [-0.1, -0.05) is 32.0 Å². The highest BCUT2D eigenvalue weighted by Crippen LogP contribution is 2.40. The molecule has 2 heteroatoms. The Morgan fingerprint density at radius 2 is 1.90 bits per heavy atom. The first kappa shape index (κ1) is 15.5. The Morgan fingerprint density at radius 3 is 2.40 bits per heavy atom. The summed E-state index contributed by atoms with van der Waals surface area (Å²) in [4.78, 5) is 2.61. The van der Waals surface area contributed by atoms with E-state index >= 15 is 0 Å². The van der Waals surface area contributed by atoms with Crippen LogP contribution in [-0.4, -0.2) is 24.5 Å². The summed E-state index contributed by atoms with van der Waals surface area (Å²) in [5.74, 6) is 0. The van der Waals surface area contributed by atoms with E-state index in [4.69, 9.17) is 5.73 Å². The molecule has 1 aliphatic heterocycles. The molecule has 1 aliphatic rings. The highest BCUT2D eigenvalue weighted by molar-refractivity contribution is 5.32. The van der Waals surface area contributed by atoms with E-state index in [1.54, 1.807) is 0 Å². The molecule has 1 heterocycles. The molecule has 0 spiro atoms. The van der Waals surface area contributed by atoms with Gasteiger partial charge in [0.1, 0.15) is 0 Å². The minimum atomic E-state index is 0.384. The summed E-state index contributed by atoms with van der Waals surface area (Å²) in [6, 6.07) is 7.20. The van der Waals surface area contributed by atoms with Crippen molar-refractivity contribution < 1.29 is 0 Å². The summed E-state index contributed by atoms with van der Waals surface area (Å²) >= 11 is 0. The van der Waals surface area contributed by atoms with Crippen molar-refractivity contribution >= 4 is 0 Å². The molecule has 1 aromatic rings. The third-order valence-electron chi connectivity index (χ3n) is 5.55. The largest absolute Gasteiger partial charge is 0.329 e. The first-order valence-corrected chi connectivity index (χ1v) is 8.06. The number of aryl methyl sites for hydroxylation is 2. The summed E-state index contributed by atoms with van der Waals surface area (Å²) in [5.41, 5.74) is 10.7. The average Bonchev–Trinajstić information content (AvgIpc) is 2.88. The Labute approximate surface area is 124 Å². The highest BCUT2D eigenvalue weighted by Gasteiger charge is 2.37. The van der Waals surface area contributed by atoms with Crippen LogP contribution < -0.4 is 5.73 Å². The van der Waals surface area contributed by atoms with E-state index in [1.165, 1.54) is 49.0 Å². The van der Waals surface area contributed by atoms with Crippen molar-refractivity contribution in [3.63, 3.8) is 0 Å². The summed E-state index contributed by atoms with van der Waals surface area (Å²) in [7, 11) is 0. The number of benzene rings is 1. The van der Waals surface area contributed by atoms with Crippen LogP contribution in [0.4, 0.5) is 0 Å². The maximum absolute atomic E-state index is 6.10. The first-order chi connectivity index (χ1) is 9.55. The number of rotatable bonds is 5. The third kappa shape index (κ3) is 2.91. The zero-order valence-corrected chi connectivity index (χ0v) is 13.6. The van der Waals surface area contributed by atoms with E-state index in [9.17, 15) is 0 Å². The quantitative estimate of drug-likeness (QED) is 0.884. The lowest BCUT2D eigenvalue weighted by molar-refractivity contribution is 0.197. The summed E-state index contributed by atoms with van der Waals surface area (Å²) in [6.07, 6.45) is 3.88. The topological polar surface area (TPSA) is 29.3 Å². The minimum Gasteiger partial charge on any atom is -0.329 e. The van der Waals surface area contributed by atoms with Gasteiger partial charge in [-0.25, -0.2) is 0 Å². The molecule has 1 saturated heterocycles. The Kier molecular flexibility index (Phi) is 4.87. The molecule has 1 unspecified atom stereocenters. The first-order valence-electron chi connectivity index (χ1n) is 8.06. The Bertz CT molecular complexity index is 449. The van der Waals surface area contributed by atoms with Gasteiger partial charge in [0.05, 0.1) is 0 Å². The second-order valence-corrected chi connectivity index (χ2v) is 6.52. The van der Waals surface area contributed by atoms with Crippen LogP contribution >= 0.6 is 0 Å². The lowest BCUT2D eigenvalue weighted by atomic mass is 9.82. The Balaban J connectivity index is 2.19. The van der Waals surface area contributed by atoms with Crippen molar-refractivity contribution in [2.24, 2.45) is 11.1 Å². The van der Waals surface area contributed by atoms with Crippen LogP contribution in [0.5, 0.6) is 0 Å². The van der Waals surface area contributed by atoms with E-state index in [0.29, 0.717) is 18.0 Å². The van der Waals surface area contributed by atoms with Crippen molar-refractivity contribution in [1.82, 2.24) is 4.90 Å². The maximum atomic E-state index is 6.10. The van der Waals surface area contributed by atoms with Gasteiger partial charge < -0.3 is 5.73 Å². The fraction of sp³-hybridized carbons (Fsp3) is 0.667. The molecule has 2 N–H and O–H groups in total. The van der Waals surface area contributed by atoms with Crippen LogP contribution in [0.1, 0.15) is 55.8 Å². The molecule has 1 atom stereocenters. The van der Waals surface area contributed by atoms with Gasteiger partial charge >= 0.3 is 0 Å². The van der Waals surface area contributed by atoms with E-state index in [-0.39, 0.29) is 0 Å². The van der Waals surface area contributed by atoms with Crippen LogP contribution in [0.15, 0.2) is 18.2 Å². The van der Waals surface area contributed by atoms with E-state index in [2.05, 4.69) is 50.8 Å². The fourth-order valence-electron chi connectivity index (χ4n) is 3.53. The summed E-state index contributed by atoms with van der Waals surface area (Å²) in [5, 5.41) is 0. The lowest BCUT2D eigenvalue weighted by Gasteiger charge is -2.31. The maximum Gasteiger partial charge on any atom is 0.0470 e. The van der Waals surface area contributed by atoms with Crippen LogP contribution in [0.3, 0.4) is 0 Å². The lowest BCUT2D eigenvalue weighted by Crippen LogP contribution is -2.34. The van der Waals surface area contributed by atoms with Crippen molar-refractivity contribution in [3.8, 4) is 0 Å². The fourth-order valence-corrected chi connectivity index (χ4v) is 3.53. The monoisotopic (exact) mass is 274 g/mol. The molecular weight excluding hydrogens is 244 g/mol.